The Bertz CT molecular complexity index is 1120. The predicted molar refractivity (Wildman–Crippen MR) is 114 cm³/mol. The highest BCUT2D eigenvalue weighted by Gasteiger charge is 2.62. The first-order valence-electron chi connectivity index (χ1n) is 10.5. The zero-order valence-electron chi connectivity index (χ0n) is 17.0. The van der Waals surface area contributed by atoms with E-state index in [1.165, 1.54) is 18.2 Å². The molecule has 1 aliphatic heterocycles. The van der Waals surface area contributed by atoms with Gasteiger partial charge >= 0.3 is 0 Å². The molecule has 5 rings (SSSR count). The van der Waals surface area contributed by atoms with Gasteiger partial charge < -0.3 is 0 Å². The van der Waals surface area contributed by atoms with E-state index in [-0.39, 0.29) is 41.4 Å². The van der Waals surface area contributed by atoms with Gasteiger partial charge in [-0.05, 0) is 48.8 Å². The number of benzene rings is 2. The fourth-order valence-corrected chi connectivity index (χ4v) is 5.75. The van der Waals surface area contributed by atoms with Gasteiger partial charge in [0.2, 0.25) is 0 Å². The number of rotatable bonds is 5. The van der Waals surface area contributed by atoms with E-state index in [1.54, 1.807) is 24.3 Å². The first-order chi connectivity index (χ1) is 15.4. The summed E-state index contributed by atoms with van der Waals surface area (Å²) in [7, 11) is 0. The number of nitro groups is 1. The number of amides is 3. The minimum absolute atomic E-state index is 0.0203. The smallest absolute Gasteiger partial charge is 0.272 e. The molecule has 2 aliphatic carbocycles. The summed E-state index contributed by atoms with van der Waals surface area (Å²) in [6, 6.07) is 12.1. The van der Waals surface area contributed by atoms with Crippen molar-refractivity contribution in [2.45, 2.75) is 25.8 Å². The molecule has 0 unspecified atom stereocenters. The average Bonchev–Trinajstić information content (AvgIpc) is 3.47. The third-order valence-electron chi connectivity index (χ3n) is 6.96. The fraction of sp³-hybridized carbons (Fsp3) is 0.348. The number of nitrogens with zero attached hydrogens (tertiary/aromatic N) is 3. The highest BCUT2D eigenvalue weighted by molar-refractivity contribution is 6.31. The molecule has 1 saturated heterocycles. The number of carbonyl (C=O) groups is 3. The van der Waals surface area contributed by atoms with Crippen molar-refractivity contribution in [2.24, 2.45) is 23.7 Å². The van der Waals surface area contributed by atoms with Crippen LogP contribution in [0.4, 0.5) is 5.69 Å². The van der Waals surface area contributed by atoms with Crippen molar-refractivity contribution >= 4 is 35.0 Å². The van der Waals surface area contributed by atoms with Gasteiger partial charge in [-0.15, -0.1) is 0 Å². The highest BCUT2D eigenvalue weighted by Crippen LogP contribution is 2.56. The van der Waals surface area contributed by atoms with Gasteiger partial charge in [-0.1, -0.05) is 35.9 Å². The number of hydrazine groups is 1. The number of imide groups is 1. The van der Waals surface area contributed by atoms with Crippen molar-refractivity contribution < 1.29 is 19.3 Å². The maximum atomic E-state index is 13.5. The molecule has 2 aromatic rings. The molecule has 0 spiro atoms. The third-order valence-corrected chi connectivity index (χ3v) is 7.33. The molecule has 2 saturated carbocycles. The predicted octanol–water partition coefficient (Wildman–Crippen LogP) is 3.84. The van der Waals surface area contributed by atoms with Gasteiger partial charge in [0.05, 0.1) is 23.3 Å². The molecule has 2 aromatic carbocycles. The van der Waals surface area contributed by atoms with Crippen LogP contribution in [0.1, 0.15) is 35.2 Å². The lowest BCUT2D eigenvalue weighted by Crippen LogP contribution is -2.50. The molecule has 164 valence electrons. The summed E-state index contributed by atoms with van der Waals surface area (Å²) >= 11 is 6.30. The van der Waals surface area contributed by atoms with Crippen LogP contribution in [-0.2, 0) is 16.1 Å². The number of hydrogen-bond acceptors (Lipinski definition) is 5. The van der Waals surface area contributed by atoms with Gasteiger partial charge in [0.25, 0.3) is 23.4 Å². The van der Waals surface area contributed by atoms with E-state index in [0.29, 0.717) is 10.6 Å². The lowest BCUT2D eigenvalue weighted by Gasteiger charge is -2.31. The molecule has 9 heteroatoms. The number of halogens is 1. The topological polar surface area (TPSA) is 101 Å². The maximum Gasteiger partial charge on any atom is 0.273 e. The van der Waals surface area contributed by atoms with Crippen molar-refractivity contribution in [2.75, 3.05) is 0 Å². The van der Waals surface area contributed by atoms with E-state index in [0.717, 1.165) is 35.3 Å². The molecule has 3 aliphatic rings. The number of carbonyl (C=O) groups excluding carboxylic acids is 3. The van der Waals surface area contributed by atoms with Gasteiger partial charge in [-0.25, -0.2) is 5.01 Å². The second-order valence-electron chi connectivity index (χ2n) is 8.63. The zero-order chi connectivity index (χ0) is 22.6. The lowest BCUT2D eigenvalue weighted by atomic mass is 9.81. The summed E-state index contributed by atoms with van der Waals surface area (Å²) in [6.07, 6.45) is 2.72. The van der Waals surface area contributed by atoms with Crippen LogP contribution in [0.2, 0.25) is 5.02 Å². The largest absolute Gasteiger partial charge is 0.273 e. The van der Waals surface area contributed by atoms with E-state index >= 15 is 0 Å². The number of non-ortho nitro benzene ring substituents is 1. The zero-order valence-corrected chi connectivity index (χ0v) is 17.8. The van der Waals surface area contributed by atoms with Crippen molar-refractivity contribution in [1.82, 2.24) is 10.0 Å². The summed E-state index contributed by atoms with van der Waals surface area (Å²) in [4.78, 5) is 50.9. The standard InChI is InChI=1S/C23H20ClN3O5/c24-18-7-2-1-4-16(18)12-25(21(28)15-5-3-6-17(11-15)27(31)32)26-22(29)19-13-8-9-14(10-13)20(19)23(26)30/h1-7,11,13-14,19-20H,8-10,12H2/t13-,14-,19+,20+/m0/s1. The molecular formula is C23H20ClN3O5. The van der Waals surface area contributed by atoms with Crippen LogP contribution >= 0.6 is 11.6 Å². The molecule has 0 radical (unpaired) electrons. The first-order valence-corrected chi connectivity index (χ1v) is 10.9. The van der Waals surface area contributed by atoms with Crippen LogP contribution in [0.25, 0.3) is 0 Å². The molecule has 8 nitrogen and oxygen atoms in total. The Balaban J connectivity index is 1.55. The van der Waals surface area contributed by atoms with Gasteiger partial charge in [-0.2, -0.15) is 5.01 Å². The SMILES string of the molecule is O=C(c1cccc([N+](=O)[O-])c1)N(Cc1ccccc1Cl)N1C(=O)[C@@H]2[C@H]3CC[C@@H](C3)[C@H]2C1=O. The molecule has 0 aromatic heterocycles. The van der Waals surface area contributed by atoms with Gasteiger partial charge in [0.15, 0.2) is 0 Å². The molecule has 2 bridgehead atoms. The second kappa shape index (κ2) is 7.70. The molecule has 3 amide bonds. The Hall–Kier alpha value is -3.26. The molecule has 0 N–H and O–H groups in total. The van der Waals surface area contributed by atoms with Crippen LogP contribution in [0, 0.1) is 33.8 Å². The molecule has 1 heterocycles. The Morgan fingerprint density at radius 1 is 1.06 bits per heavy atom. The Morgan fingerprint density at radius 2 is 1.72 bits per heavy atom. The van der Waals surface area contributed by atoms with Crippen molar-refractivity contribution in [3.8, 4) is 0 Å². The summed E-state index contributed by atoms with van der Waals surface area (Å²) in [5.74, 6) is -1.84. The summed E-state index contributed by atoms with van der Waals surface area (Å²) < 4.78 is 0. The summed E-state index contributed by atoms with van der Waals surface area (Å²) in [5.41, 5.74) is 0.336. The molecule has 4 atom stereocenters. The number of hydrogen-bond donors (Lipinski definition) is 0. The van der Waals surface area contributed by atoms with E-state index in [2.05, 4.69) is 0 Å². The maximum absolute atomic E-state index is 13.5. The van der Waals surface area contributed by atoms with Gasteiger partial charge in [0, 0.05) is 22.7 Å². The Kier molecular flexibility index (Phi) is 4.97. The van der Waals surface area contributed by atoms with E-state index in [1.807, 2.05) is 0 Å². The van der Waals surface area contributed by atoms with E-state index in [9.17, 15) is 24.5 Å². The molecule has 32 heavy (non-hydrogen) atoms. The normalized spacial score (nSPS) is 25.8. The summed E-state index contributed by atoms with van der Waals surface area (Å²) in [6.45, 7) is -0.104. The van der Waals surface area contributed by atoms with Crippen molar-refractivity contribution in [3.63, 3.8) is 0 Å². The monoisotopic (exact) mass is 453 g/mol. The van der Waals surface area contributed by atoms with Crippen molar-refractivity contribution in [1.29, 1.82) is 0 Å². The van der Waals surface area contributed by atoms with Gasteiger partial charge in [-0.3, -0.25) is 24.5 Å². The minimum Gasteiger partial charge on any atom is -0.272 e. The summed E-state index contributed by atoms with van der Waals surface area (Å²) in [5, 5.41) is 13.7. The molecule has 3 fully saturated rings. The highest BCUT2D eigenvalue weighted by atomic mass is 35.5. The quantitative estimate of drug-likeness (QED) is 0.389. The minimum atomic E-state index is -0.664. The van der Waals surface area contributed by atoms with Gasteiger partial charge in [0.1, 0.15) is 0 Å². The van der Waals surface area contributed by atoms with Crippen LogP contribution in [0.15, 0.2) is 48.5 Å². The first kappa shape index (κ1) is 20.6. The fourth-order valence-electron chi connectivity index (χ4n) is 5.55. The van der Waals surface area contributed by atoms with Crippen LogP contribution < -0.4 is 0 Å². The number of nitro benzene ring substituents is 1. The van der Waals surface area contributed by atoms with Crippen LogP contribution in [-0.4, -0.2) is 32.7 Å². The molecular weight excluding hydrogens is 434 g/mol. The van der Waals surface area contributed by atoms with E-state index < -0.39 is 22.7 Å². The Morgan fingerprint density at radius 3 is 2.34 bits per heavy atom. The number of fused-ring (bicyclic) bond motifs is 5. The van der Waals surface area contributed by atoms with Crippen molar-refractivity contribution in [3.05, 3.63) is 74.8 Å². The Labute approximate surface area is 188 Å². The van der Waals surface area contributed by atoms with Crippen LogP contribution in [0.5, 0.6) is 0 Å². The lowest BCUT2D eigenvalue weighted by molar-refractivity contribution is -0.384. The third kappa shape index (κ3) is 3.17. The average molecular weight is 454 g/mol. The van der Waals surface area contributed by atoms with Crippen LogP contribution in [0.3, 0.4) is 0 Å². The van der Waals surface area contributed by atoms with E-state index in [4.69, 9.17) is 11.6 Å². The second-order valence-corrected chi connectivity index (χ2v) is 9.04.